The molecule has 0 N–H and O–H groups in total. The van der Waals surface area contributed by atoms with Crippen molar-refractivity contribution in [1.29, 1.82) is 0 Å². The Morgan fingerprint density at radius 1 is 1.14 bits per heavy atom. The molecule has 1 aromatic rings. The molecule has 1 rings (SSSR count). The quantitative estimate of drug-likeness (QED) is 0.549. The zero-order chi connectivity index (χ0) is 10.8. The van der Waals surface area contributed by atoms with E-state index in [1.54, 1.807) is 0 Å². The molecule has 0 amide bonds. The van der Waals surface area contributed by atoms with Crippen LogP contribution in [0.25, 0.3) is 0 Å². The van der Waals surface area contributed by atoms with Crippen LogP contribution in [0.1, 0.15) is 15.9 Å². The minimum atomic E-state index is -4.17. The van der Waals surface area contributed by atoms with Crippen LogP contribution < -0.4 is 0 Å². The second kappa shape index (κ2) is 3.77. The van der Waals surface area contributed by atoms with Gasteiger partial charge in [0.1, 0.15) is 6.29 Å². The van der Waals surface area contributed by atoms with Crippen molar-refractivity contribution in [2.24, 2.45) is 0 Å². The van der Waals surface area contributed by atoms with Gasteiger partial charge in [-0.25, -0.2) is 8.78 Å². The Morgan fingerprint density at radius 2 is 1.64 bits per heavy atom. The second-order valence-electron chi connectivity index (χ2n) is 2.66. The van der Waals surface area contributed by atoms with Crippen LogP contribution in [0.2, 0.25) is 0 Å². The molecule has 0 atom stereocenters. The summed E-state index contributed by atoms with van der Waals surface area (Å²) in [6.45, 7) is 0. The molecular weight excluding hydrogens is 200 g/mol. The first kappa shape index (κ1) is 10.7. The van der Waals surface area contributed by atoms with Gasteiger partial charge in [-0.3, -0.25) is 4.79 Å². The fourth-order valence-electron chi connectivity index (χ4n) is 0.910. The molecule has 0 unspecified atom stereocenters. The summed E-state index contributed by atoms with van der Waals surface area (Å²) >= 11 is 0. The van der Waals surface area contributed by atoms with E-state index in [9.17, 15) is 22.4 Å². The van der Waals surface area contributed by atoms with Crippen LogP contribution in [0.4, 0.5) is 17.6 Å². The van der Waals surface area contributed by atoms with Crippen LogP contribution in [-0.2, 0) is 5.92 Å². The number of rotatable bonds is 3. The van der Waals surface area contributed by atoms with E-state index < -0.39 is 17.9 Å². The van der Waals surface area contributed by atoms with E-state index >= 15 is 0 Å². The summed E-state index contributed by atoms with van der Waals surface area (Å²) in [6, 6.07) is 3.77. The van der Waals surface area contributed by atoms with Gasteiger partial charge in [0, 0.05) is 11.1 Å². The first-order chi connectivity index (χ1) is 6.48. The van der Waals surface area contributed by atoms with Crippen molar-refractivity contribution in [2.75, 3.05) is 0 Å². The molecule has 0 bridgehead atoms. The number of aldehydes is 1. The van der Waals surface area contributed by atoms with Crippen molar-refractivity contribution < 1.29 is 22.4 Å². The van der Waals surface area contributed by atoms with Crippen LogP contribution in [0.3, 0.4) is 0 Å². The highest BCUT2D eigenvalue weighted by Crippen LogP contribution is 2.34. The van der Waals surface area contributed by atoms with Crippen LogP contribution in [0, 0.1) is 0 Å². The maximum absolute atomic E-state index is 12.7. The first-order valence-electron chi connectivity index (χ1n) is 3.70. The minimum Gasteiger partial charge on any atom is -0.298 e. The highest BCUT2D eigenvalue weighted by atomic mass is 19.3. The van der Waals surface area contributed by atoms with Gasteiger partial charge in [0.25, 0.3) is 0 Å². The Kier molecular flexibility index (Phi) is 2.88. The normalized spacial score (nSPS) is 11.8. The number of carbonyl (C=O) groups is 1. The standard InChI is InChI=1S/C9H6F4O/c10-8(11)9(12,13)7-3-1-6(5-14)2-4-7/h1-5,8H. The molecule has 1 aromatic carbocycles. The molecule has 0 aliphatic carbocycles. The molecule has 0 radical (unpaired) electrons. The largest absolute Gasteiger partial charge is 0.332 e. The molecule has 5 heteroatoms. The number of hydrogen-bond acceptors (Lipinski definition) is 1. The molecular formula is C9H6F4O. The maximum atomic E-state index is 12.7. The predicted octanol–water partition coefficient (Wildman–Crippen LogP) is 2.86. The van der Waals surface area contributed by atoms with E-state index in [4.69, 9.17) is 0 Å². The highest BCUT2D eigenvalue weighted by molar-refractivity contribution is 5.74. The zero-order valence-electron chi connectivity index (χ0n) is 6.88. The van der Waals surface area contributed by atoms with Crippen LogP contribution in [0.5, 0.6) is 0 Å². The van der Waals surface area contributed by atoms with E-state index in [2.05, 4.69) is 0 Å². The van der Waals surface area contributed by atoms with Crippen molar-refractivity contribution in [3.63, 3.8) is 0 Å². The van der Waals surface area contributed by atoms with Gasteiger partial charge in [-0.05, 0) is 0 Å². The lowest BCUT2D eigenvalue weighted by Gasteiger charge is -2.15. The van der Waals surface area contributed by atoms with Gasteiger partial charge in [0.05, 0.1) is 0 Å². The van der Waals surface area contributed by atoms with Crippen molar-refractivity contribution in [1.82, 2.24) is 0 Å². The summed E-state index contributed by atoms with van der Waals surface area (Å²) in [6.07, 6.45) is -3.30. The van der Waals surface area contributed by atoms with Crippen molar-refractivity contribution >= 4 is 6.29 Å². The van der Waals surface area contributed by atoms with Gasteiger partial charge in [0.2, 0.25) is 0 Å². The average Bonchev–Trinajstić information content (AvgIpc) is 2.17. The Morgan fingerprint density at radius 3 is 2.00 bits per heavy atom. The van der Waals surface area contributed by atoms with E-state index in [1.165, 1.54) is 0 Å². The topological polar surface area (TPSA) is 17.1 Å². The van der Waals surface area contributed by atoms with Gasteiger partial charge in [-0.1, -0.05) is 24.3 Å². The maximum Gasteiger partial charge on any atom is 0.332 e. The molecule has 0 heterocycles. The van der Waals surface area contributed by atoms with E-state index in [0.717, 1.165) is 24.3 Å². The lowest BCUT2D eigenvalue weighted by atomic mass is 10.1. The summed E-state index contributed by atoms with van der Waals surface area (Å²) in [5.41, 5.74) is -0.628. The molecule has 0 saturated heterocycles. The predicted molar refractivity (Wildman–Crippen MR) is 41.7 cm³/mol. The van der Waals surface area contributed by atoms with E-state index in [1.807, 2.05) is 0 Å². The Hall–Kier alpha value is -1.39. The SMILES string of the molecule is O=Cc1ccc(C(F)(F)C(F)F)cc1. The molecule has 0 spiro atoms. The highest BCUT2D eigenvalue weighted by Gasteiger charge is 2.42. The summed E-state index contributed by atoms with van der Waals surface area (Å²) in [5.74, 6) is -4.17. The summed E-state index contributed by atoms with van der Waals surface area (Å²) in [5, 5.41) is 0. The molecule has 0 aromatic heterocycles. The summed E-state index contributed by atoms with van der Waals surface area (Å²) < 4.78 is 49.1. The number of carbonyl (C=O) groups excluding carboxylic acids is 1. The molecule has 0 fully saturated rings. The van der Waals surface area contributed by atoms with Crippen molar-refractivity contribution in [2.45, 2.75) is 12.3 Å². The molecule has 0 saturated carbocycles. The van der Waals surface area contributed by atoms with Crippen LogP contribution in [0.15, 0.2) is 24.3 Å². The van der Waals surface area contributed by atoms with Crippen molar-refractivity contribution in [3.8, 4) is 0 Å². The monoisotopic (exact) mass is 206 g/mol. The number of alkyl halides is 4. The van der Waals surface area contributed by atoms with E-state index in [0.29, 0.717) is 6.29 Å². The van der Waals surface area contributed by atoms with Gasteiger partial charge in [-0.2, -0.15) is 8.78 Å². The lowest BCUT2D eigenvalue weighted by molar-refractivity contribution is -0.135. The van der Waals surface area contributed by atoms with Crippen molar-refractivity contribution in [3.05, 3.63) is 35.4 Å². The Bertz CT molecular complexity index is 318. The Labute approximate surface area is 77.3 Å². The van der Waals surface area contributed by atoms with E-state index in [-0.39, 0.29) is 5.56 Å². The zero-order valence-corrected chi connectivity index (χ0v) is 6.88. The third kappa shape index (κ3) is 1.92. The molecule has 76 valence electrons. The fraction of sp³-hybridized carbons (Fsp3) is 0.222. The third-order valence-corrected chi connectivity index (χ3v) is 1.71. The summed E-state index contributed by atoms with van der Waals surface area (Å²) in [4.78, 5) is 10.2. The Balaban J connectivity index is 3.02. The smallest absolute Gasteiger partial charge is 0.298 e. The second-order valence-corrected chi connectivity index (χ2v) is 2.66. The van der Waals surface area contributed by atoms with Crippen LogP contribution >= 0.6 is 0 Å². The van der Waals surface area contributed by atoms with Crippen LogP contribution in [-0.4, -0.2) is 12.7 Å². The fourth-order valence-corrected chi connectivity index (χ4v) is 0.910. The van der Waals surface area contributed by atoms with Gasteiger partial charge in [0.15, 0.2) is 0 Å². The van der Waals surface area contributed by atoms with Gasteiger partial charge < -0.3 is 0 Å². The first-order valence-corrected chi connectivity index (χ1v) is 3.70. The average molecular weight is 206 g/mol. The summed E-state index contributed by atoms with van der Waals surface area (Å²) in [7, 11) is 0. The van der Waals surface area contributed by atoms with Gasteiger partial charge in [-0.15, -0.1) is 0 Å². The lowest BCUT2D eigenvalue weighted by Crippen LogP contribution is -2.23. The molecule has 14 heavy (non-hydrogen) atoms. The number of halogens is 4. The molecule has 1 nitrogen and oxygen atoms in total. The molecule has 0 aliphatic rings. The van der Waals surface area contributed by atoms with Gasteiger partial charge >= 0.3 is 12.3 Å². The number of hydrogen-bond donors (Lipinski definition) is 0. The number of benzene rings is 1. The minimum absolute atomic E-state index is 0.166. The molecule has 0 aliphatic heterocycles. The third-order valence-electron chi connectivity index (χ3n) is 1.71.